The molecule has 1 unspecified atom stereocenters. The predicted molar refractivity (Wildman–Crippen MR) is 127 cm³/mol. The molecule has 1 amide bonds. The number of carboxylic acids is 1. The number of hydrogen-bond donors (Lipinski definition) is 2. The number of rotatable bonds is 6. The minimum atomic E-state index is -4.74. The predicted octanol–water partition coefficient (Wildman–Crippen LogP) is 4.10. The van der Waals surface area contributed by atoms with E-state index in [-0.39, 0.29) is 22.3 Å². The van der Waals surface area contributed by atoms with Crippen molar-refractivity contribution in [1.29, 1.82) is 0 Å². The van der Waals surface area contributed by atoms with Crippen LogP contribution in [0.25, 0.3) is 0 Å². The van der Waals surface area contributed by atoms with E-state index in [1.165, 1.54) is 24.3 Å². The lowest BCUT2D eigenvalue weighted by atomic mass is 10.0. The maximum Gasteiger partial charge on any atom is 0.430 e. The summed E-state index contributed by atoms with van der Waals surface area (Å²) in [7, 11) is 0. The third kappa shape index (κ3) is 6.61. The van der Waals surface area contributed by atoms with Crippen molar-refractivity contribution in [3.63, 3.8) is 0 Å². The quantitative estimate of drug-likeness (QED) is 0.572. The highest BCUT2D eigenvalue weighted by molar-refractivity contribution is 6.33. The van der Waals surface area contributed by atoms with Crippen LogP contribution >= 0.6 is 11.6 Å². The van der Waals surface area contributed by atoms with Gasteiger partial charge in [0.15, 0.2) is 0 Å². The zero-order chi connectivity index (χ0) is 25.8. The number of aliphatic carboxylic acids is 1. The second-order valence-electron chi connectivity index (χ2n) is 7.97. The Kier molecular flexibility index (Phi) is 8.18. The number of piperazine rings is 1. The van der Waals surface area contributed by atoms with Gasteiger partial charge >= 0.3 is 12.1 Å². The molecule has 0 saturated carbocycles. The number of benzene rings is 2. The van der Waals surface area contributed by atoms with Crippen LogP contribution in [0.1, 0.15) is 22.8 Å². The summed E-state index contributed by atoms with van der Waals surface area (Å²) in [6, 6.07) is 11.8. The molecule has 11 heteroatoms. The van der Waals surface area contributed by atoms with Gasteiger partial charge in [-0.25, -0.2) is 4.99 Å². The van der Waals surface area contributed by atoms with Gasteiger partial charge in [0.1, 0.15) is 11.7 Å². The fraction of sp³-hybridized carbons (Fsp3) is 0.292. The average Bonchev–Trinajstić information content (AvgIpc) is 2.83. The molecule has 0 aliphatic carbocycles. The van der Waals surface area contributed by atoms with Gasteiger partial charge in [-0.3, -0.25) is 14.5 Å². The lowest BCUT2D eigenvalue weighted by molar-refractivity contribution is -0.143. The average molecular weight is 509 g/mol. The van der Waals surface area contributed by atoms with Crippen LogP contribution in [-0.4, -0.2) is 70.9 Å². The minimum absolute atomic E-state index is 0.0665. The van der Waals surface area contributed by atoms with Crippen LogP contribution in [0.2, 0.25) is 5.02 Å². The number of aliphatic imine (C=N–C) groups is 1. The molecule has 1 aliphatic rings. The molecule has 1 heterocycles. The number of carbonyl (C=O) groups is 2. The first-order valence-corrected chi connectivity index (χ1v) is 11.1. The monoisotopic (exact) mass is 508 g/mol. The van der Waals surface area contributed by atoms with E-state index < -0.39 is 23.9 Å². The van der Waals surface area contributed by atoms with E-state index in [9.17, 15) is 22.8 Å². The van der Waals surface area contributed by atoms with Gasteiger partial charge in [-0.15, -0.1) is 0 Å². The SMILES string of the molecule is CC(C(=O)O)N1CCN(C(=O)c2ccc(C(C=C(N)C(F)(F)F)=Nc3ccccc3Cl)cc2)CC1. The molecule has 35 heavy (non-hydrogen) atoms. The van der Waals surface area contributed by atoms with Crippen molar-refractivity contribution in [2.75, 3.05) is 26.2 Å². The normalized spacial score (nSPS) is 16.8. The molecular formula is C24H24ClF3N4O3. The maximum absolute atomic E-state index is 13.1. The molecule has 1 aliphatic heterocycles. The van der Waals surface area contributed by atoms with Crippen molar-refractivity contribution in [2.24, 2.45) is 10.7 Å². The van der Waals surface area contributed by atoms with E-state index >= 15 is 0 Å². The van der Waals surface area contributed by atoms with E-state index in [0.29, 0.717) is 37.3 Å². The van der Waals surface area contributed by atoms with Crippen LogP contribution in [0.15, 0.2) is 65.3 Å². The third-order valence-corrected chi connectivity index (χ3v) is 5.97. The topological polar surface area (TPSA) is 99.2 Å². The highest BCUT2D eigenvalue weighted by Crippen LogP contribution is 2.27. The second-order valence-corrected chi connectivity index (χ2v) is 8.37. The van der Waals surface area contributed by atoms with Crippen LogP contribution in [0.5, 0.6) is 0 Å². The van der Waals surface area contributed by atoms with Gasteiger partial charge in [0.25, 0.3) is 5.91 Å². The third-order valence-electron chi connectivity index (χ3n) is 5.65. The molecule has 0 spiro atoms. The number of alkyl halides is 3. The molecule has 0 aromatic heterocycles. The van der Waals surface area contributed by atoms with Crippen molar-refractivity contribution < 1.29 is 27.9 Å². The zero-order valence-corrected chi connectivity index (χ0v) is 19.6. The Morgan fingerprint density at radius 3 is 2.17 bits per heavy atom. The molecule has 7 nitrogen and oxygen atoms in total. The lowest BCUT2D eigenvalue weighted by Gasteiger charge is -2.36. The first kappa shape index (κ1) is 26.2. The van der Waals surface area contributed by atoms with Crippen molar-refractivity contribution >= 4 is 34.9 Å². The number of carbonyl (C=O) groups excluding carboxylic acids is 1. The second kappa shape index (κ2) is 10.9. The molecule has 3 N–H and O–H groups in total. The van der Waals surface area contributed by atoms with Crippen LogP contribution in [0, 0.1) is 0 Å². The summed E-state index contributed by atoms with van der Waals surface area (Å²) in [5.41, 5.74) is 4.77. The first-order chi connectivity index (χ1) is 16.5. The van der Waals surface area contributed by atoms with Gasteiger partial charge in [-0.1, -0.05) is 35.9 Å². The number of amides is 1. The van der Waals surface area contributed by atoms with Crippen LogP contribution in [0.3, 0.4) is 0 Å². The largest absolute Gasteiger partial charge is 0.480 e. The summed E-state index contributed by atoms with van der Waals surface area (Å²) < 4.78 is 39.2. The van der Waals surface area contributed by atoms with Crippen LogP contribution < -0.4 is 5.73 Å². The summed E-state index contributed by atoms with van der Waals surface area (Å²) in [6.07, 6.45) is -4.01. The summed E-state index contributed by atoms with van der Waals surface area (Å²) >= 11 is 6.11. The van der Waals surface area contributed by atoms with Gasteiger partial charge in [-0.2, -0.15) is 13.2 Å². The van der Waals surface area contributed by atoms with E-state index in [1.54, 1.807) is 41.0 Å². The van der Waals surface area contributed by atoms with Gasteiger partial charge in [0.05, 0.1) is 16.4 Å². The van der Waals surface area contributed by atoms with Gasteiger partial charge < -0.3 is 15.7 Å². The van der Waals surface area contributed by atoms with Gasteiger partial charge in [-0.05, 0) is 37.3 Å². The number of para-hydroxylation sites is 1. The summed E-state index contributed by atoms with van der Waals surface area (Å²) in [5, 5.41) is 9.41. The van der Waals surface area contributed by atoms with Crippen molar-refractivity contribution in [3.05, 3.63) is 76.5 Å². The van der Waals surface area contributed by atoms with E-state index in [2.05, 4.69) is 4.99 Å². The Labute approximate surface area is 205 Å². The van der Waals surface area contributed by atoms with Gasteiger partial charge in [0, 0.05) is 37.3 Å². The fourth-order valence-corrected chi connectivity index (χ4v) is 3.69. The molecule has 2 aromatic carbocycles. The summed E-state index contributed by atoms with van der Waals surface area (Å²) in [5.74, 6) is -1.18. The molecule has 1 saturated heterocycles. The Morgan fingerprint density at radius 1 is 1.06 bits per heavy atom. The van der Waals surface area contributed by atoms with Gasteiger partial charge in [0.2, 0.25) is 0 Å². The zero-order valence-electron chi connectivity index (χ0n) is 18.8. The Morgan fingerprint density at radius 2 is 1.63 bits per heavy atom. The Bertz CT molecular complexity index is 1140. The number of carboxylic acid groups (broad SMARTS) is 1. The minimum Gasteiger partial charge on any atom is -0.480 e. The molecule has 3 rings (SSSR count). The number of hydrogen-bond acceptors (Lipinski definition) is 5. The Balaban J connectivity index is 1.83. The standard InChI is InChI=1S/C24H24ClF3N4O3/c1-15(23(34)35)31-10-12-32(13-11-31)22(33)17-8-6-16(7-9-17)20(14-21(29)24(26,27)28)30-19-5-3-2-4-18(19)25/h2-9,14-15H,10-13,29H2,1H3,(H,34,35). The van der Waals surface area contributed by atoms with Crippen molar-refractivity contribution in [1.82, 2.24) is 9.80 Å². The number of nitrogens with zero attached hydrogens (tertiary/aromatic N) is 3. The molecule has 0 radical (unpaired) electrons. The molecule has 1 fully saturated rings. The first-order valence-electron chi connectivity index (χ1n) is 10.7. The smallest absolute Gasteiger partial charge is 0.430 e. The highest BCUT2D eigenvalue weighted by Gasteiger charge is 2.32. The molecule has 2 aromatic rings. The lowest BCUT2D eigenvalue weighted by Crippen LogP contribution is -2.53. The summed E-state index contributed by atoms with van der Waals surface area (Å²) in [4.78, 5) is 31.7. The number of halogens is 4. The van der Waals surface area contributed by atoms with Crippen molar-refractivity contribution in [2.45, 2.75) is 19.1 Å². The molecule has 186 valence electrons. The highest BCUT2D eigenvalue weighted by atomic mass is 35.5. The van der Waals surface area contributed by atoms with Crippen LogP contribution in [-0.2, 0) is 4.79 Å². The van der Waals surface area contributed by atoms with Crippen LogP contribution in [0.4, 0.5) is 18.9 Å². The number of nitrogens with two attached hydrogens (primary N) is 1. The number of allylic oxidation sites excluding steroid dienone is 2. The molecule has 0 bridgehead atoms. The Hall–Kier alpha value is -3.37. The summed E-state index contributed by atoms with van der Waals surface area (Å²) in [6.45, 7) is 3.17. The molecular weight excluding hydrogens is 485 g/mol. The van der Waals surface area contributed by atoms with Crippen molar-refractivity contribution in [3.8, 4) is 0 Å². The van der Waals surface area contributed by atoms with E-state index in [4.69, 9.17) is 22.4 Å². The molecule has 1 atom stereocenters. The fourth-order valence-electron chi connectivity index (χ4n) is 3.52. The van der Waals surface area contributed by atoms with E-state index in [0.717, 1.165) is 6.08 Å². The maximum atomic E-state index is 13.1. The van der Waals surface area contributed by atoms with E-state index in [1.807, 2.05) is 0 Å².